The van der Waals surface area contributed by atoms with Gasteiger partial charge in [0, 0.05) is 32.3 Å². The molecular formula is C18H30N4O. The van der Waals surface area contributed by atoms with Gasteiger partial charge in [-0.3, -0.25) is 4.99 Å². The average Bonchev–Trinajstić information content (AvgIpc) is 2.59. The van der Waals surface area contributed by atoms with Crippen LogP contribution in [0, 0.1) is 0 Å². The number of rotatable bonds is 5. The third-order valence-corrected chi connectivity index (χ3v) is 4.83. The molecule has 1 unspecified atom stereocenters. The Hall–Kier alpha value is -1.59. The third kappa shape index (κ3) is 4.69. The van der Waals surface area contributed by atoms with E-state index in [1.54, 1.807) is 0 Å². The zero-order valence-electron chi connectivity index (χ0n) is 14.8. The van der Waals surface area contributed by atoms with Gasteiger partial charge in [0.2, 0.25) is 0 Å². The molecule has 2 N–H and O–H groups in total. The molecule has 0 bridgehead atoms. The van der Waals surface area contributed by atoms with E-state index in [4.69, 9.17) is 4.74 Å². The van der Waals surface area contributed by atoms with E-state index < -0.39 is 0 Å². The molecule has 23 heavy (non-hydrogen) atoms. The summed E-state index contributed by atoms with van der Waals surface area (Å²) in [5.41, 5.74) is 1.38. The lowest BCUT2D eigenvalue weighted by Crippen LogP contribution is -2.57. The summed E-state index contributed by atoms with van der Waals surface area (Å²) in [4.78, 5) is 6.69. The molecule has 0 spiro atoms. The number of hydrogen-bond acceptors (Lipinski definition) is 3. The predicted octanol–water partition coefficient (Wildman–Crippen LogP) is 2.02. The Labute approximate surface area is 140 Å². The molecule has 1 aromatic carbocycles. The number of nitrogens with one attached hydrogen (secondary N) is 2. The van der Waals surface area contributed by atoms with Crippen LogP contribution in [0.15, 0.2) is 35.3 Å². The minimum atomic E-state index is 0.131. The van der Waals surface area contributed by atoms with Crippen molar-refractivity contribution in [2.75, 3.05) is 40.9 Å². The largest absolute Gasteiger partial charge is 0.381 e. The van der Waals surface area contributed by atoms with Crippen LogP contribution in [-0.4, -0.2) is 57.3 Å². The van der Waals surface area contributed by atoms with Crippen LogP contribution in [0.3, 0.4) is 0 Å². The maximum absolute atomic E-state index is 5.53. The average molecular weight is 318 g/mol. The summed E-state index contributed by atoms with van der Waals surface area (Å²) >= 11 is 0. The molecule has 0 aliphatic carbocycles. The van der Waals surface area contributed by atoms with Crippen LogP contribution in [0.2, 0.25) is 0 Å². The van der Waals surface area contributed by atoms with Gasteiger partial charge in [0.05, 0.1) is 6.04 Å². The number of guanidine groups is 1. The van der Waals surface area contributed by atoms with Crippen LogP contribution < -0.4 is 10.6 Å². The minimum Gasteiger partial charge on any atom is -0.381 e. The van der Waals surface area contributed by atoms with E-state index >= 15 is 0 Å². The van der Waals surface area contributed by atoms with Crippen molar-refractivity contribution in [3.05, 3.63) is 35.9 Å². The molecule has 5 heteroatoms. The van der Waals surface area contributed by atoms with Crippen molar-refractivity contribution < 1.29 is 4.74 Å². The quantitative estimate of drug-likeness (QED) is 0.644. The second-order valence-electron chi connectivity index (χ2n) is 6.43. The van der Waals surface area contributed by atoms with E-state index in [-0.39, 0.29) is 11.6 Å². The number of aliphatic imine (C=N–C) groups is 1. The predicted molar refractivity (Wildman–Crippen MR) is 95.8 cm³/mol. The van der Waals surface area contributed by atoms with Crippen molar-refractivity contribution >= 4 is 5.96 Å². The summed E-state index contributed by atoms with van der Waals surface area (Å²) in [5, 5.41) is 6.97. The smallest absolute Gasteiger partial charge is 0.191 e. The fourth-order valence-corrected chi connectivity index (χ4v) is 3.01. The van der Waals surface area contributed by atoms with E-state index in [0.29, 0.717) is 0 Å². The van der Waals surface area contributed by atoms with Gasteiger partial charge < -0.3 is 20.3 Å². The van der Waals surface area contributed by atoms with Gasteiger partial charge in [-0.1, -0.05) is 30.3 Å². The van der Waals surface area contributed by atoms with Gasteiger partial charge in [-0.2, -0.15) is 0 Å². The Kier molecular flexibility index (Phi) is 6.42. The second-order valence-corrected chi connectivity index (χ2v) is 6.43. The standard InChI is InChI=1S/C18H30N4O/c1-15(16-8-6-5-7-9-16)21-17(19-2)20-14-18(22(3)4)10-12-23-13-11-18/h5-9,15H,10-14H2,1-4H3,(H2,19,20,21). The first kappa shape index (κ1) is 17.8. The van der Waals surface area contributed by atoms with Crippen LogP contribution in [-0.2, 0) is 4.74 Å². The van der Waals surface area contributed by atoms with E-state index in [9.17, 15) is 0 Å². The molecule has 2 rings (SSSR count). The van der Waals surface area contributed by atoms with Crippen molar-refractivity contribution in [2.24, 2.45) is 4.99 Å². The lowest BCUT2D eigenvalue weighted by atomic mass is 9.88. The lowest BCUT2D eigenvalue weighted by Gasteiger charge is -2.43. The van der Waals surface area contributed by atoms with Crippen LogP contribution >= 0.6 is 0 Å². The summed E-state index contributed by atoms with van der Waals surface area (Å²) in [6, 6.07) is 10.6. The Morgan fingerprint density at radius 1 is 1.26 bits per heavy atom. The maximum Gasteiger partial charge on any atom is 0.191 e. The zero-order valence-corrected chi connectivity index (χ0v) is 14.8. The van der Waals surface area contributed by atoms with Crippen LogP contribution in [0.25, 0.3) is 0 Å². The van der Waals surface area contributed by atoms with E-state index in [0.717, 1.165) is 38.6 Å². The summed E-state index contributed by atoms with van der Waals surface area (Å²) in [5.74, 6) is 0.842. The fraction of sp³-hybridized carbons (Fsp3) is 0.611. The van der Waals surface area contributed by atoms with Crippen LogP contribution in [0.1, 0.15) is 31.4 Å². The third-order valence-electron chi connectivity index (χ3n) is 4.83. The Morgan fingerprint density at radius 3 is 2.48 bits per heavy atom. The highest BCUT2D eigenvalue weighted by molar-refractivity contribution is 5.80. The van der Waals surface area contributed by atoms with Gasteiger partial charge >= 0.3 is 0 Å². The molecule has 1 fully saturated rings. The monoisotopic (exact) mass is 318 g/mol. The highest BCUT2D eigenvalue weighted by Crippen LogP contribution is 2.25. The van der Waals surface area contributed by atoms with Crippen molar-refractivity contribution in [3.8, 4) is 0 Å². The van der Waals surface area contributed by atoms with Gasteiger partial charge in [0.25, 0.3) is 0 Å². The maximum atomic E-state index is 5.53. The lowest BCUT2D eigenvalue weighted by molar-refractivity contribution is -0.00502. The highest BCUT2D eigenvalue weighted by atomic mass is 16.5. The van der Waals surface area contributed by atoms with Gasteiger partial charge in [0.1, 0.15) is 0 Å². The first-order valence-electron chi connectivity index (χ1n) is 8.35. The number of benzene rings is 1. The van der Waals surface area contributed by atoms with E-state index in [1.165, 1.54) is 5.56 Å². The SMILES string of the molecule is CN=C(NCC1(N(C)C)CCOCC1)NC(C)c1ccccc1. The molecule has 1 aliphatic heterocycles. The Morgan fingerprint density at radius 2 is 1.91 bits per heavy atom. The number of likely N-dealkylation sites (N-methyl/N-ethyl adjacent to an activating group) is 1. The molecule has 0 saturated carbocycles. The molecule has 1 atom stereocenters. The number of ether oxygens (including phenoxy) is 1. The minimum absolute atomic E-state index is 0.131. The molecule has 128 valence electrons. The molecular weight excluding hydrogens is 288 g/mol. The zero-order chi connectivity index (χ0) is 16.7. The first-order valence-corrected chi connectivity index (χ1v) is 8.35. The van der Waals surface area contributed by atoms with Gasteiger partial charge in [-0.05, 0) is 39.4 Å². The Bertz CT molecular complexity index is 495. The van der Waals surface area contributed by atoms with E-state index in [1.807, 2.05) is 13.1 Å². The van der Waals surface area contributed by atoms with Crippen molar-refractivity contribution in [3.63, 3.8) is 0 Å². The summed E-state index contributed by atoms with van der Waals surface area (Å²) < 4.78 is 5.53. The normalized spacial score (nSPS) is 19.4. The van der Waals surface area contributed by atoms with Gasteiger partial charge in [0.15, 0.2) is 5.96 Å². The fourth-order valence-electron chi connectivity index (χ4n) is 3.01. The molecule has 5 nitrogen and oxygen atoms in total. The van der Waals surface area contributed by atoms with Gasteiger partial charge in [-0.25, -0.2) is 0 Å². The molecule has 1 aromatic rings. The molecule has 1 saturated heterocycles. The first-order chi connectivity index (χ1) is 11.1. The van der Waals surface area contributed by atoms with Crippen molar-refractivity contribution in [2.45, 2.75) is 31.3 Å². The van der Waals surface area contributed by atoms with Gasteiger partial charge in [-0.15, -0.1) is 0 Å². The summed E-state index contributed by atoms with van der Waals surface area (Å²) in [7, 11) is 6.12. The molecule has 1 aliphatic rings. The molecule has 0 amide bonds. The molecule has 1 heterocycles. The van der Waals surface area contributed by atoms with Crippen molar-refractivity contribution in [1.29, 1.82) is 0 Å². The van der Waals surface area contributed by atoms with Crippen LogP contribution in [0.4, 0.5) is 0 Å². The number of nitrogens with zero attached hydrogens (tertiary/aromatic N) is 2. The Balaban J connectivity index is 1.94. The van der Waals surface area contributed by atoms with E-state index in [2.05, 4.69) is 65.8 Å². The molecule has 0 radical (unpaired) electrons. The summed E-state index contributed by atoms with van der Waals surface area (Å²) in [6.45, 7) is 4.67. The van der Waals surface area contributed by atoms with Crippen LogP contribution in [0.5, 0.6) is 0 Å². The topological polar surface area (TPSA) is 48.9 Å². The molecule has 0 aromatic heterocycles. The number of hydrogen-bond donors (Lipinski definition) is 2. The van der Waals surface area contributed by atoms with Crippen molar-refractivity contribution in [1.82, 2.24) is 15.5 Å². The highest BCUT2D eigenvalue weighted by Gasteiger charge is 2.34. The summed E-state index contributed by atoms with van der Waals surface area (Å²) in [6.07, 6.45) is 2.08. The second kappa shape index (κ2) is 8.31.